The number of benzene rings is 2. The first-order valence-electron chi connectivity index (χ1n) is 9.71. The summed E-state index contributed by atoms with van der Waals surface area (Å²) in [5.74, 6) is -0.393. The maximum atomic E-state index is 13.3. The predicted molar refractivity (Wildman–Crippen MR) is 109 cm³/mol. The van der Waals surface area contributed by atoms with Crippen LogP contribution >= 0.6 is 0 Å². The Hall–Kier alpha value is -2.93. The second kappa shape index (κ2) is 10.0. The van der Waals surface area contributed by atoms with Crippen LogP contribution in [0.25, 0.3) is 0 Å². The minimum Gasteiger partial charge on any atom is -0.380 e. The molecule has 0 bridgehead atoms. The molecule has 0 unspecified atom stereocenters. The average Bonchev–Trinajstić information content (AvgIpc) is 2.96. The molecule has 154 valence electrons. The Morgan fingerprint density at radius 1 is 1.00 bits per heavy atom. The molecule has 1 aliphatic heterocycles. The highest BCUT2D eigenvalue weighted by atomic mass is 19.1. The molecule has 0 aromatic heterocycles. The molecule has 1 saturated heterocycles. The lowest BCUT2D eigenvalue weighted by Gasteiger charge is -2.22. The number of carbonyl (C=O) groups excluding carboxylic acids is 2. The Labute approximate surface area is 170 Å². The van der Waals surface area contributed by atoms with E-state index in [1.54, 1.807) is 29.0 Å². The first-order chi connectivity index (χ1) is 14.0. The number of halogens is 1. The lowest BCUT2D eigenvalue weighted by Crippen LogP contribution is -2.39. The average molecular weight is 399 g/mol. The number of rotatable bonds is 5. The van der Waals surface area contributed by atoms with Crippen LogP contribution in [0.2, 0.25) is 0 Å². The summed E-state index contributed by atoms with van der Waals surface area (Å²) in [6.07, 6.45) is 0.868. The lowest BCUT2D eigenvalue weighted by molar-refractivity contribution is -0.130. The number of anilines is 1. The van der Waals surface area contributed by atoms with Gasteiger partial charge in [0.2, 0.25) is 5.91 Å². The predicted octanol–water partition coefficient (Wildman–Crippen LogP) is 3.28. The van der Waals surface area contributed by atoms with Gasteiger partial charge in [0.15, 0.2) is 0 Å². The monoisotopic (exact) mass is 399 g/mol. The number of methoxy groups -OCH3 is 1. The largest absolute Gasteiger partial charge is 0.380 e. The van der Waals surface area contributed by atoms with Crippen molar-refractivity contribution in [3.8, 4) is 0 Å². The van der Waals surface area contributed by atoms with Gasteiger partial charge in [0, 0.05) is 39.0 Å². The van der Waals surface area contributed by atoms with E-state index in [0.29, 0.717) is 44.8 Å². The minimum atomic E-state index is -0.343. The van der Waals surface area contributed by atoms with E-state index < -0.39 is 0 Å². The van der Waals surface area contributed by atoms with Crippen LogP contribution < -0.4 is 5.32 Å². The molecule has 6 nitrogen and oxygen atoms in total. The van der Waals surface area contributed by atoms with Gasteiger partial charge in [0.1, 0.15) is 5.82 Å². The van der Waals surface area contributed by atoms with Crippen LogP contribution in [0.3, 0.4) is 0 Å². The topological polar surface area (TPSA) is 61.9 Å². The van der Waals surface area contributed by atoms with Crippen molar-refractivity contribution >= 4 is 17.6 Å². The Kier molecular flexibility index (Phi) is 7.19. The van der Waals surface area contributed by atoms with Crippen molar-refractivity contribution in [2.45, 2.75) is 19.4 Å². The first kappa shape index (κ1) is 20.8. The van der Waals surface area contributed by atoms with Gasteiger partial charge in [-0.1, -0.05) is 24.3 Å². The van der Waals surface area contributed by atoms with Crippen molar-refractivity contribution < 1.29 is 18.7 Å². The van der Waals surface area contributed by atoms with E-state index >= 15 is 0 Å². The summed E-state index contributed by atoms with van der Waals surface area (Å²) in [6.45, 7) is 2.62. The standard InChI is InChI=1S/C22H26FN3O3/c1-29-16-17-6-8-20(9-7-17)24-22(28)26-11-3-10-25(12-13-26)21(27)15-18-4-2-5-19(23)14-18/h2,4-9,14H,3,10-13,15-16H2,1H3,(H,24,28). The highest BCUT2D eigenvalue weighted by Gasteiger charge is 2.22. The van der Waals surface area contributed by atoms with Gasteiger partial charge in [-0.3, -0.25) is 4.79 Å². The van der Waals surface area contributed by atoms with Crippen LogP contribution in [0, 0.1) is 5.82 Å². The summed E-state index contributed by atoms with van der Waals surface area (Å²) in [7, 11) is 1.64. The number of nitrogens with one attached hydrogen (secondary N) is 1. The highest BCUT2D eigenvalue weighted by Crippen LogP contribution is 2.13. The fourth-order valence-corrected chi connectivity index (χ4v) is 3.36. The van der Waals surface area contributed by atoms with Gasteiger partial charge < -0.3 is 19.9 Å². The Morgan fingerprint density at radius 2 is 1.72 bits per heavy atom. The molecular weight excluding hydrogens is 373 g/mol. The molecule has 2 aromatic carbocycles. The van der Waals surface area contributed by atoms with E-state index in [4.69, 9.17) is 4.74 Å². The first-order valence-corrected chi connectivity index (χ1v) is 9.71. The van der Waals surface area contributed by atoms with Crippen LogP contribution in [0.4, 0.5) is 14.9 Å². The van der Waals surface area contributed by atoms with Gasteiger partial charge >= 0.3 is 6.03 Å². The fraction of sp³-hybridized carbons (Fsp3) is 0.364. The van der Waals surface area contributed by atoms with Crippen LogP contribution in [0.1, 0.15) is 17.5 Å². The molecule has 1 fully saturated rings. The van der Waals surface area contributed by atoms with Crippen LogP contribution in [-0.2, 0) is 22.6 Å². The molecule has 7 heteroatoms. The summed E-state index contributed by atoms with van der Waals surface area (Å²) < 4.78 is 18.4. The van der Waals surface area contributed by atoms with Crippen LogP contribution in [0.15, 0.2) is 48.5 Å². The second-order valence-electron chi connectivity index (χ2n) is 7.09. The molecule has 0 aliphatic carbocycles. The van der Waals surface area contributed by atoms with E-state index in [-0.39, 0.29) is 24.2 Å². The zero-order valence-electron chi connectivity index (χ0n) is 16.6. The summed E-state index contributed by atoms with van der Waals surface area (Å²) in [5, 5.41) is 2.90. The molecule has 1 N–H and O–H groups in total. The molecule has 0 spiro atoms. The summed E-state index contributed by atoms with van der Waals surface area (Å²) in [4.78, 5) is 28.6. The van der Waals surface area contributed by atoms with E-state index in [2.05, 4.69) is 5.32 Å². The van der Waals surface area contributed by atoms with E-state index in [1.165, 1.54) is 12.1 Å². The van der Waals surface area contributed by atoms with Gasteiger partial charge in [0.25, 0.3) is 0 Å². The highest BCUT2D eigenvalue weighted by molar-refractivity contribution is 5.89. The summed E-state index contributed by atoms with van der Waals surface area (Å²) in [6, 6.07) is 13.4. The third-order valence-corrected chi connectivity index (χ3v) is 4.90. The smallest absolute Gasteiger partial charge is 0.321 e. The normalized spacial score (nSPS) is 14.4. The molecule has 2 aromatic rings. The zero-order valence-corrected chi connectivity index (χ0v) is 16.6. The number of hydrogen-bond donors (Lipinski definition) is 1. The van der Waals surface area contributed by atoms with Gasteiger partial charge in [-0.2, -0.15) is 0 Å². The van der Waals surface area contributed by atoms with Crippen molar-refractivity contribution in [1.29, 1.82) is 0 Å². The van der Waals surface area contributed by atoms with Crippen LogP contribution in [0.5, 0.6) is 0 Å². The summed E-state index contributed by atoms with van der Waals surface area (Å²) >= 11 is 0. The van der Waals surface area contributed by atoms with E-state index in [1.807, 2.05) is 24.3 Å². The van der Waals surface area contributed by atoms with Gasteiger partial charge in [-0.25, -0.2) is 9.18 Å². The molecular formula is C22H26FN3O3. The number of urea groups is 1. The molecule has 1 aliphatic rings. The Morgan fingerprint density at radius 3 is 2.45 bits per heavy atom. The van der Waals surface area contributed by atoms with E-state index in [0.717, 1.165) is 11.3 Å². The van der Waals surface area contributed by atoms with Crippen molar-refractivity contribution in [3.63, 3.8) is 0 Å². The maximum absolute atomic E-state index is 13.3. The minimum absolute atomic E-state index is 0.0495. The molecule has 0 saturated carbocycles. The second-order valence-corrected chi connectivity index (χ2v) is 7.09. The van der Waals surface area contributed by atoms with Gasteiger partial charge in [-0.05, 0) is 41.8 Å². The summed E-state index contributed by atoms with van der Waals surface area (Å²) in [5.41, 5.74) is 2.41. The molecule has 3 amide bonds. The number of carbonyl (C=O) groups is 2. The molecule has 1 heterocycles. The van der Waals surface area contributed by atoms with Crippen molar-refractivity contribution in [2.24, 2.45) is 0 Å². The third-order valence-electron chi connectivity index (χ3n) is 4.90. The van der Waals surface area contributed by atoms with Crippen LogP contribution in [-0.4, -0.2) is 55.0 Å². The zero-order chi connectivity index (χ0) is 20.6. The lowest BCUT2D eigenvalue weighted by atomic mass is 10.1. The third kappa shape index (κ3) is 6.02. The van der Waals surface area contributed by atoms with Gasteiger partial charge in [-0.15, -0.1) is 0 Å². The molecule has 0 radical (unpaired) electrons. The Balaban J connectivity index is 1.52. The number of amides is 3. The maximum Gasteiger partial charge on any atom is 0.321 e. The quantitative estimate of drug-likeness (QED) is 0.839. The SMILES string of the molecule is COCc1ccc(NC(=O)N2CCCN(C(=O)Cc3cccc(F)c3)CC2)cc1. The molecule has 29 heavy (non-hydrogen) atoms. The van der Waals surface area contributed by atoms with Crippen molar-refractivity contribution in [3.05, 3.63) is 65.5 Å². The van der Waals surface area contributed by atoms with E-state index in [9.17, 15) is 14.0 Å². The van der Waals surface area contributed by atoms with Crippen molar-refractivity contribution in [1.82, 2.24) is 9.80 Å². The van der Waals surface area contributed by atoms with Gasteiger partial charge in [0.05, 0.1) is 13.0 Å². The molecule has 3 rings (SSSR count). The number of hydrogen-bond acceptors (Lipinski definition) is 3. The number of ether oxygens (including phenoxy) is 1. The molecule has 0 atom stereocenters. The Bertz CT molecular complexity index is 841. The number of nitrogens with zero attached hydrogens (tertiary/aromatic N) is 2. The van der Waals surface area contributed by atoms with Crippen molar-refractivity contribution in [2.75, 3.05) is 38.6 Å². The fourth-order valence-electron chi connectivity index (χ4n) is 3.36.